The molecule has 4 rings (SSSR count). The van der Waals surface area contributed by atoms with Crippen LogP contribution in [-0.2, 0) is 14.9 Å². The molecule has 0 saturated heterocycles. The van der Waals surface area contributed by atoms with Crippen LogP contribution >= 0.6 is 0 Å². The molecule has 0 radical (unpaired) electrons. The van der Waals surface area contributed by atoms with Crippen LogP contribution in [0.15, 0.2) is 0 Å². The molecule has 0 aliphatic heterocycles. The lowest BCUT2D eigenvalue weighted by Crippen LogP contribution is -2.62. The first kappa shape index (κ1) is 31.2. The number of fused-ring (bicyclic) bond motifs is 5. The van der Waals surface area contributed by atoms with Crippen LogP contribution in [0.5, 0.6) is 0 Å². The highest BCUT2D eigenvalue weighted by Gasteiger charge is 2.65. The van der Waals surface area contributed by atoms with Gasteiger partial charge in [0.15, 0.2) is 0 Å². The Labute approximate surface area is 235 Å². The van der Waals surface area contributed by atoms with E-state index >= 15 is 0 Å². The predicted octanol–water partition coefficient (Wildman–Crippen LogP) is 3.44. The molecule has 0 bridgehead atoms. The van der Waals surface area contributed by atoms with E-state index < -0.39 is 34.1 Å². The molecule has 4 N–H and O–H groups in total. The Morgan fingerprint density at radius 1 is 1.03 bits per heavy atom. The fourth-order valence-electron chi connectivity index (χ4n) is 9.98. The van der Waals surface area contributed by atoms with Crippen LogP contribution in [-0.4, -0.2) is 64.3 Å². The average Bonchev–Trinajstić information content (AvgIpc) is 3.16. The Morgan fingerprint density at radius 3 is 2.36 bits per heavy atom. The summed E-state index contributed by atoms with van der Waals surface area (Å²) < 4.78 is 34.0. The molecule has 8 nitrogen and oxygen atoms in total. The number of carbonyl (C=O) groups excluding carboxylic acids is 1. The summed E-state index contributed by atoms with van der Waals surface area (Å²) >= 11 is 0. The van der Waals surface area contributed by atoms with Crippen molar-refractivity contribution in [2.75, 3.05) is 5.75 Å². The van der Waals surface area contributed by atoms with E-state index in [-0.39, 0.29) is 64.8 Å². The van der Waals surface area contributed by atoms with Crippen molar-refractivity contribution in [3.05, 3.63) is 0 Å². The molecule has 0 aromatic carbocycles. The van der Waals surface area contributed by atoms with E-state index in [1.165, 1.54) is 0 Å². The van der Waals surface area contributed by atoms with Gasteiger partial charge in [-0.15, -0.1) is 0 Å². The highest BCUT2D eigenvalue weighted by molar-refractivity contribution is 7.85. The lowest BCUT2D eigenvalue weighted by molar-refractivity contribution is -0.207. The highest BCUT2D eigenvalue weighted by atomic mass is 32.2. The van der Waals surface area contributed by atoms with Gasteiger partial charge in [0.05, 0.1) is 34.2 Å². The van der Waals surface area contributed by atoms with Crippen LogP contribution < -0.4 is 5.32 Å². The summed E-state index contributed by atoms with van der Waals surface area (Å²) in [5.41, 5.74) is -0.288. The summed E-state index contributed by atoms with van der Waals surface area (Å²) in [7, 11) is -4.44. The molecule has 0 spiro atoms. The average molecular weight is 571 g/mol. The second-order valence-corrected chi connectivity index (χ2v) is 16.1. The van der Waals surface area contributed by atoms with Gasteiger partial charge in [-0.25, -0.2) is 8.42 Å². The Kier molecular flexibility index (Phi) is 9.20. The molecule has 0 unspecified atom stereocenters. The third-order valence-corrected chi connectivity index (χ3v) is 12.7. The van der Waals surface area contributed by atoms with Crippen LogP contribution in [0.25, 0.3) is 0 Å². The molecule has 12 atom stereocenters. The van der Waals surface area contributed by atoms with Crippen molar-refractivity contribution in [3.63, 3.8) is 0 Å². The first-order valence-corrected chi connectivity index (χ1v) is 16.9. The van der Waals surface area contributed by atoms with Gasteiger partial charge in [0.1, 0.15) is 0 Å². The van der Waals surface area contributed by atoms with Crippen molar-refractivity contribution in [1.82, 2.24) is 5.32 Å². The standard InChI is InChI=1S/C30H53NO7S/c1-17(2)12-20(16-39(36,37)38)31-27(35)9-6-18(3)22-7-8-23-28-24(15-26(34)30(22,23)5)29(4)11-10-21(32)13-19(29)14-25(28)33/h17-26,28,32-34H,6-16H2,1-5H3,(H,31,35)(H,36,37,38)/p-1/t18-,19+,20-,21-,22-,23+,24+,25-,26+,28+,29+,30-/m1/s1. The van der Waals surface area contributed by atoms with Crippen molar-refractivity contribution in [1.29, 1.82) is 0 Å². The van der Waals surface area contributed by atoms with Gasteiger partial charge >= 0.3 is 0 Å². The maximum Gasteiger partial charge on any atom is 0.220 e. The first-order chi connectivity index (χ1) is 18.1. The third-order valence-electron chi connectivity index (χ3n) is 11.9. The molecular weight excluding hydrogens is 518 g/mol. The van der Waals surface area contributed by atoms with Crippen LogP contribution in [0.3, 0.4) is 0 Å². The molecule has 4 aliphatic carbocycles. The fraction of sp³-hybridized carbons (Fsp3) is 0.967. The smallest absolute Gasteiger partial charge is 0.220 e. The Bertz CT molecular complexity index is 988. The molecule has 226 valence electrons. The van der Waals surface area contributed by atoms with Gasteiger partial charge in [0.25, 0.3) is 0 Å². The van der Waals surface area contributed by atoms with Gasteiger partial charge < -0.3 is 25.2 Å². The Hall–Kier alpha value is -0.740. The highest BCUT2D eigenvalue weighted by Crippen LogP contribution is 2.68. The normalized spacial score (nSPS) is 43.7. The van der Waals surface area contributed by atoms with Crippen molar-refractivity contribution in [2.45, 2.75) is 123 Å². The summed E-state index contributed by atoms with van der Waals surface area (Å²) in [5.74, 6) is 0.650. The van der Waals surface area contributed by atoms with E-state index in [4.69, 9.17) is 0 Å². The minimum Gasteiger partial charge on any atom is -0.748 e. The minimum absolute atomic E-state index is 0.0390. The predicted molar refractivity (Wildman–Crippen MR) is 148 cm³/mol. The van der Waals surface area contributed by atoms with Crippen LogP contribution in [0.2, 0.25) is 0 Å². The van der Waals surface area contributed by atoms with Crippen LogP contribution in [0, 0.1) is 52.3 Å². The molecule has 39 heavy (non-hydrogen) atoms. The van der Waals surface area contributed by atoms with Crippen LogP contribution in [0.1, 0.15) is 98.8 Å². The lowest BCUT2D eigenvalue weighted by Gasteiger charge is -2.63. The molecule has 4 saturated carbocycles. The van der Waals surface area contributed by atoms with E-state index in [9.17, 15) is 33.1 Å². The second kappa shape index (κ2) is 11.5. The van der Waals surface area contributed by atoms with Crippen molar-refractivity contribution >= 4 is 16.0 Å². The number of amides is 1. The zero-order valence-corrected chi connectivity index (χ0v) is 25.3. The van der Waals surface area contributed by atoms with E-state index in [0.717, 1.165) is 38.5 Å². The topological polar surface area (TPSA) is 147 Å². The van der Waals surface area contributed by atoms with Crippen LogP contribution in [0.4, 0.5) is 0 Å². The molecular formula is C30H52NO7S-. The molecule has 4 fully saturated rings. The van der Waals surface area contributed by atoms with E-state index in [0.29, 0.717) is 25.2 Å². The number of nitrogens with one attached hydrogen (secondary N) is 1. The number of carbonyl (C=O) groups is 1. The quantitative estimate of drug-likeness (QED) is 0.311. The van der Waals surface area contributed by atoms with Gasteiger partial charge in [-0.05, 0) is 110 Å². The number of hydrogen-bond acceptors (Lipinski definition) is 7. The van der Waals surface area contributed by atoms with Gasteiger partial charge in [-0.2, -0.15) is 0 Å². The summed E-state index contributed by atoms with van der Waals surface area (Å²) in [4.78, 5) is 12.8. The number of hydrogen-bond donors (Lipinski definition) is 4. The first-order valence-electron chi connectivity index (χ1n) is 15.3. The monoisotopic (exact) mass is 570 g/mol. The van der Waals surface area contributed by atoms with E-state index in [1.54, 1.807) is 0 Å². The Balaban J connectivity index is 1.42. The molecule has 9 heteroatoms. The largest absolute Gasteiger partial charge is 0.748 e. The van der Waals surface area contributed by atoms with Crippen molar-refractivity contribution < 1.29 is 33.1 Å². The lowest BCUT2D eigenvalue weighted by atomic mass is 9.43. The van der Waals surface area contributed by atoms with Gasteiger partial charge in [0, 0.05) is 12.5 Å². The van der Waals surface area contributed by atoms with E-state index in [1.807, 2.05) is 13.8 Å². The third kappa shape index (κ3) is 6.23. The van der Waals surface area contributed by atoms with Gasteiger partial charge in [0.2, 0.25) is 5.91 Å². The maximum absolute atomic E-state index is 12.8. The SMILES string of the molecule is CC(C)C[C@H](CS(=O)(=O)[O-])NC(=O)CC[C@@H](C)[C@H]1CC[C@H]2[C@@H]3[C@H](O)C[C@@H]4C[C@H](O)CC[C@]4(C)[C@H]3C[C@H](O)[C@]12C. The number of aliphatic hydroxyl groups excluding tert-OH is 3. The number of rotatable bonds is 9. The number of aliphatic hydroxyl groups is 3. The van der Waals surface area contributed by atoms with Crippen molar-refractivity contribution in [2.24, 2.45) is 52.3 Å². The summed E-state index contributed by atoms with van der Waals surface area (Å²) in [6.07, 6.45) is 5.96. The molecule has 4 aliphatic rings. The molecule has 0 heterocycles. The summed E-state index contributed by atoms with van der Waals surface area (Å²) in [6.45, 7) is 10.5. The van der Waals surface area contributed by atoms with E-state index in [2.05, 4.69) is 26.1 Å². The second-order valence-electron chi connectivity index (χ2n) is 14.7. The van der Waals surface area contributed by atoms with Gasteiger partial charge in [-0.3, -0.25) is 4.79 Å². The van der Waals surface area contributed by atoms with Gasteiger partial charge in [-0.1, -0.05) is 34.6 Å². The summed E-state index contributed by atoms with van der Waals surface area (Å²) in [5, 5.41) is 36.3. The zero-order valence-electron chi connectivity index (χ0n) is 24.5. The Morgan fingerprint density at radius 2 is 1.72 bits per heavy atom. The maximum atomic E-state index is 12.8. The summed E-state index contributed by atoms with van der Waals surface area (Å²) in [6, 6.07) is -0.681. The molecule has 1 amide bonds. The minimum atomic E-state index is -4.44. The molecule has 0 aromatic rings. The zero-order chi connectivity index (χ0) is 28.9. The fourth-order valence-corrected chi connectivity index (χ4v) is 10.7. The van der Waals surface area contributed by atoms with Crippen molar-refractivity contribution in [3.8, 4) is 0 Å². The molecule has 0 aromatic heterocycles.